The lowest BCUT2D eigenvalue weighted by Crippen LogP contribution is -2.40. The third-order valence-electron chi connectivity index (χ3n) is 3.85. The Bertz CT molecular complexity index is 448. The van der Waals surface area contributed by atoms with E-state index < -0.39 is 15.3 Å². The first-order valence-electron chi connectivity index (χ1n) is 5.65. The van der Waals surface area contributed by atoms with Crippen molar-refractivity contribution in [1.29, 1.82) is 5.26 Å². The molecule has 2 fully saturated rings. The number of hydrogen-bond donors (Lipinski definition) is 0. The highest BCUT2D eigenvalue weighted by Gasteiger charge is 2.50. The fraction of sp³-hybridized carbons (Fsp3) is 0.818. The summed E-state index contributed by atoms with van der Waals surface area (Å²) >= 11 is 0. The van der Waals surface area contributed by atoms with Gasteiger partial charge in [-0.15, -0.1) is 0 Å². The Morgan fingerprint density at radius 2 is 2.12 bits per heavy atom. The Balaban J connectivity index is 2.29. The molecule has 16 heavy (non-hydrogen) atoms. The quantitative estimate of drug-likeness (QED) is 0.688. The molecule has 0 spiro atoms. The van der Waals surface area contributed by atoms with Gasteiger partial charge in [0, 0.05) is 6.42 Å². The largest absolute Gasteiger partial charge is 0.298 e. The van der Waals surface area contributed by atoms with Crippen LogP contribution >= 0.6 is 0 Å². The maximum absolute atomic E-state index is 11.9. The molecule has 88 valence electrons. The lowest BCUT2D eigenvalue weighted by molar-refractivity contribution is -0.130. The van der Waals surface area contributed by atoms with E-state index in [1.807, 2.05) is 0 Å². The number of rotatable bonds is 1. The third kappa shape index (κ3) is 1.75. The van der Waals surface area contributed by atoms with E-state index in [0.29, 0.717) is 19.3 Å². The fourth-order valence-corrected chi connectivity index (χ4v) is 4.75. The van der Waals surface area contributed by atoms with E-state index in [9.17, 15) is 18.5 Å². The summed E-state index contributed by atoms with van der Waals surface area (Å²) in [6, 6.07) is 2.13. The molecule has 0 radical (unpaired) electrons. The number of nitrogens with zero attached hydrogens (tertiary/aromatic N) is 1. The number of ketones is 1. The average molecular weight is 241 g/mol. The third-order valence-corrected chi connectivity index (χ3v) is 5.62. The van der Waals surface area contributed by atoms with Crippen molar-refractivity contribution in [2.45, 2.75) is 32.1 Å². The molecule has 0 aromatic rings. The first kappa shape index (κ1) is 11.6. The second-order valence-electron chi connectivity index (χ2n) is 4.81. The molecule has 2 rings (SSSR count). The van der Waals surface area contributed by atoms with Gasteiger partial charge in [-0.3, -0.25) is 4.79 Å². The number of hydrogen-bond acceptors (Lipinski definition) is 4. The molecular formula is C11H15NO3S. The van der Waals surface area contributed by atoms with Gasteiger partial charge in [0.1, 0.15) is 5.41 Å². The SMILES string of the molecule is N#CC1(C2CCS(=O)(=O)C2)CCCCC1=O. The Hall–Kier alpha value is -0.890. The molecule has 2 aliphatic rings. The number of carbonyl (C=O) groups is 1. The van der Waals surface area contributed by atoms with Gasteiger partial charge in [0.2, 0.25) is 0 Å². The van der Waals surface area contributed by atoms with Crippen LogP contribution < -0.4 is 0 Å². The summed E-state index contributed by atoms with van der Waals surface area (Å²) < 4.78 is 22.9. The normalized spacial score (nSPS) is 38.2. The number of carbonyl (C=O) groups excluding carboxylic acids is 1. The minimum absolute atomic E-state index is 0.0201. The average Bonchev–Trinajstić information content (AvgIpc) is 2.60. The van der Waals surface area contributed by atoms with Crippen LogP contribution in [0.15, 0.2) is 0 Å². The zero-order chi connectivity index (χ0) is 11.8. The summed E-state index contributed by atoms with van der Waals surface area (Å²) in [6.07, 6.45) is 3.14. The summed E-state index contributed by atoms with van der Waals surface area (Å²) in [5, 5.41) is 9.28. The van der Waals surface area contributed by atoms with E-state index in [1.165, 1.54) is 0 Å². The standard InChI is InChI=1S/C11H15NO3S/c12-8-11(5-2-1-3-10(11)13)9-4-6-16(14,15)7-9/h9H,1-7H2. The molecule has 0 N–H and O–H groups in total. The summed E-state index contributed by atoms with van der Waals surface area (Å²) in [6.45, 7) is 0. The molecule has 0 bridgehead atoms. The first-order valence-corrected chi connectivity index (χ1v) is 7.47. The van der Waals surface area contributed by atoms with Gasteiger partial charge in [0.05, 0.1) is 17.6 Å². The van der Waals surface area contributed by atoms with E-state index >= 15 is 0 Å². The van der Waals surface area contributed by atoms with E-state index in [-0.39, 0.29) is 23.2 Å². The molecule has 2 unspecified atom stereocenters. The smallest absolute Gasteiger partial charge is 0.153 e. The summed E-state index contributed by atoms with van der Waals surface area (Å²) in [4.78, 5) is 11.9. The Kier molecular flexibility index (Phi) is 2.79. The highest BCUT2D eigenvalue weighted by molar-refractivity contribution is 7.91. The summed E-state index contributed by atoms with van der Waals surface area (Å²) in [5.74, 6) is -0.153. The molecule has 0 aromatic carbocycles. The van der Waals surface area contributed by atoms with Crippen molar-refractivity contribution in [3.8, 4) is 6.07 Å². The van der Waals surface area contributed by atoms with Gasteiger partial charge in [-0.25, -0.2) is 8.42 Å². The lowest BCUT2D eigenvalue weighted by atomic mass is 9.66. The highest BCUT2D eigenvalue weighted by Crippen LogP contribution is 2.44. The predicted molar refractivity (Wildman–Crippen MR) is 58.3 cm³/mol. The van der Waals surface area contributed by atoms with Crippen LogP contribution in [-0.4, -0.2) is 25.7 Å². The van der Waals surface area contributed by atoms with Crippen LogP contribution in [-0.2, 0) is 14.6 Å². The van der Waals surface area contributed by atoms with Gasteiger partial charge >= 0.3 is 0 Å². The van der Waals surface area contributed by atoms with Crippen LogP contribution in [0.4, 0.5) is 0 Å². The zero-order valence-electron chi connectivity index (χ0n) is 9.11. The van der Waals surface area contributed by atoms with Crippen LogP contribution in [0.5, 0.6) is 0 Å². The van der Waals surface area contributed by atoms with E-state index in [2.05, 4.69) is 6.07 Å². The Morgan fingerprint density at radius 3 is 2.62 bits per heavy atom. The fourth-order valence-electron chi connectivity index (χ4n) is 2.88. The molecule has 1 saturated carbocycles. The number of sulfone groups is 1. The minimum Gasteiger partial charge on any atom is -0.298 e. The molecule has 1 saturated heterocycles. The van der Waals surface area contributed by atoms with Crippen LogP contribution in [0.1, 0.15) is 32.1 Å². The maximum Gasteiger partial charge on any atom is 0.153 e. The molecule has 1 aliphatic carbocycles. The van der Waals surface area contributed by atoms with Crippen molar-refractivity contribution in [3.05, 3.63) is 0 Å². The Labute approximate surface area is 95.6 Å². The lowest BCUT2D eigenvalue weighted by Gasteiger charge is -2.33. The maximum atomic E-state index is 11.9. The predicted octanol–water partition coefficient (Wildman–Crippen LogP) is 1.07. The topological polar surface area (TPSA) is 75.0 Å². The number of nitriles is 1. The highest BCUT2D eigenvalue weighted by atomic mass is 32.2. The second-order valence-corrected chi connectivity index (χ2v) is 7.04. The van der Waals surface area contributed by atoms with Gasteiger partial charge in [0.15, 0.2) is 15.6 Å². The van der Waals surface area contributed by atoms with Crippen molar-refractivity contribution in [1.82, 2.24) is 0 Å². The second kappa shape index (κ2) is 3.85. The summed E-state index contributed by atoms with van der Waals surface area (Å²) in [5.41, 5.74) is -0.998. The van der Waals surface area contributed by atoms with Crippen LogP contribution in [0.25, 0.3) is 0 Å². The van der Waals surface area contributed by atoms with Gasteiger partial charge in [-0.05, 0) is 25.2 Å². The molecular weight excluding hydrogens is 226 g/mol. The van der Waals surface area contributed by atoms with E-state index in [4.69, 9.17) is 0 Å². The molecule has 2 atom stereocenters. The first-order chi connectivity index (χ1) is 7.50. The van der Waals surface area contributed by atoms with Crippen molar-refractivity contribution in [3.63, 3.8) is 0 Å². The molecule has 1 aliphatic heterocycles. The minimum atomic E-state index is -3.02. The van der Waals surface area contributed by atoms with Gasteiger partial charge in [-0.1, -0.05) is 6.42 Å². The van der Waals surface area contributed by atoms with Crippen molar-refractivity contribution < 1.29 is 13.2 Å². The van der Waals surface area contributed by atoms with Crippen LogP contribution in [0.3, 0.4) is 0 Å². The molecule has 4 nitrogen and oxygen atoms in total. The monoisotopic (exact) mass is 241 g/mol. The van der Waals surface area contributed by atoms with Gasteiger partial charge in [0.25, 0.3) is 0 Å². The van der Waals surface area contributed by atoms with Crippen molar-refractivity contribution in [2.75, 3.05) is 11.5 Å². The van der Waals surface area contributed by atoms with Crippen molar-refractivity contribution >= 4 is 15.6 Å². The van der Waals surface area contributed by atoms with Gasteiger partial charge in [-0.2, -0.15) is 5.26 Å². The Morgan fingerprint density at radius 1 is 1.38 bits per heavy atom. The molecule has 5 heteroatoms. The van der Waals surface area contributed by atoms with Crippen LogP contribution in [0, 0.1) is 22.7 Å². The molecule has 0 amide bonds. The zero-order valence-corrected chi connectivity index (χ0v) is 9.92. The van der Waals surface area contributed by atoms with Crippen LogP contribution in [0.2, 0.25) is 0 Å². The molecule has 0 aromatic heterocycles. The number of Topliss-reactive ketones (excluding diaryl/α,β-unsaturated/α-hetero) is 1. The van der Waals surface area contributed by atoms with Crippen molar-refractivity contribution in [2.24, 2.45) is 11.3 Å². The molecule has 1 heterocycles. The summed E-state index contributed by atoms with van der Waals surface area (Å²) in [7, 11) is -3.02. The van der Waals surface area contributed by atoms with E-state index in [0.717, 1.165) is 12.8 Å². The van der Waals surface area contributed by atoms with Gasteiger partial charge < -0.3 is 0 Å². The van der Waals surface area contributed by atoms with E-state index in [1.54, 1.807) is 0 Å².